The summed E-state index contributed by atoms with van der Waals surface area (Å²) in [6.07, 6.45) is 9.73. The van der Waals surface area contributed by atoms with Crippen molar-refractivity contribution in [1.29, 1.82) is 0 Å². The number of aryl methyl sites for hydroxylation is 4. The highest BCUT2D eigenvalue weighted by atomic mass is 35.5. The summed E-state index contributed by atoms with van der Waals surface area (Å²) >= 11 is 0. The minimum absolute atomic E-state index is 0. The first-order chi connectivity index (χ1) is 25.9. The molecule has 2 aromatic heterocycles. The van der Waals surface area contributed by atoms with E-state index in [1.54, 1.807) is 6.07 Å². The lowest BCUT2D eigenvalue weighted by Crippen LogP contribution is -2.35. The molecule has 0 fully saturated rings. The van der Waals surface area contributed by atoms with Gasteiger partial charge in [0.05, 0.1) is 0 Å². The van der Waals surface area contributed by atoms with Gasteiger partial charge in [0.1, 0.15) is 11.5 Å². The highest BCUT2D eigenvalue weighted by molar-refractivity contribution is 5.92. The Kier molecular flexibility index (Phi) is 14.8. The molecule has 1 amide bonds. The molecule has 9 nitrogen and oxygen atoms in total. The van der Waals surface area contributed by atoms with Gasteiger partial charge in [0.25, 0.3) is 5.91 Å². The second-order valence-electron chi connectivity index (χ2n) is 13.6. The van der Waals surface area contributed by atoms with Gasteiger partial charge in [-0.15, -0.1) is 12.4 Å². The number of amides is 1. The fraction of sp³-hybridized carbons (Fsp3) is 0.273. The van der Waals surface area contributed by atoms with Gasteiger partial charge in [-0.1, -0.05) is 120 Å². The van der Waals surface area contributed by atoms with Crippen LogP contribution in [-0.4, -0.2) is 39.4 Å². The molecule has 6 aromatic rings. The van der Waals surface area contributed by atoms with Crippen molar-refractivity contribution in [2.45, 2.75) is 76.3 Å². The summed E-state index contributed by atoms with van der Waals surface area (Å²) in [5.74, 6) is 0.0373. The van der Waals surface area contributed by atoms with Crippen molar-refractivity contribution < 1.29 is 23.7 Å². The van der Waals surface area contributed by atoms with Crippen LogP contribution in [-0.2, 0) is 38.5 Å². The lowest BCUT2D eigenvalue weighted by atomic mass is 10.0. The molecule has 10 heteroatoms. The molecule has 0 spiro atoms. The van der Waals surface area contributed by atoms with Gasteiger partial charge in [-0.3, -0.25) is 4.79 Å². The average Bonchev–Trinajstić information content (AvgIpc) is 3.76. The van der Waals surface area contributed by atoms with E-state index in [1.807, 2.05) is 60.7 Å². The van der Waals surface area contributed by atoms with Gasteiger partial charge in [-0.05, 0) is 84.7 Å². The second kappa shape index (κ2) is 20.1. The Morgan fingerprint density at radius 3 is 1.43 bits per heavy atom. The number of aromatic nitrogens is 2. The first-order valence-electron chi connectivity index (χ1n) is 18.3. The van der Waals surface area contributed by atoms with Crippen molar-refractivity contribution in [3.63, 3.8) is 0 Å². The molecule has 0 bridgehead atoms. The van der Waals surface area contributed by atoms with Crippen molar-refractivity contribution >= 4 is 24.3 Å². The van der Waals surface area contributed by atoms with Gasteiger partial charge in [0.15, 0.2) is 11.4 Å². The SMILES string of the molecule is Cl.NC1CCc2ccccc2CC1.O=C(NC1CCc2ccccc2CC1)c1cc(Cc2ccccc2)on1.O=C(O)c1cc(Cc2ccccc2)on1. The number of carboxylic acids is 1. The Morgan fingerprint density at radius 1 is 0.611 bits per heavy atom. The normalized spacial score (nSPS) is 13.9. The highest BCUT2D eigenvalue weighted by Gasteiger charge is 2.21. The van der Waals surface area contributed by atoms with Gasteiger partial charge >= 0.3 is 5.97 Å². The van der Waals surface area contributed by atoms with Crippen LogP contribution in [0.5, 0.6) is 0 Å². The smallest absolute Gasteiger partial charge is 0.358 e. The maximum absolute atomic E-state index is 12.5. The zero-order valence-electron chi connectivity index (χ0n) is 30.2. The molecule has 280 valence electrons. The van der Waals surface area contributed by atoms with E-state index in [9.17, 15) is 9.59 Å². The molecule has 2 aliphatic rings. The van der Waals surface area contributed by atoms with Crippen molar-refractivity contribution in [3.05, 3.63) is 178 Å². The number of hydrogen-bond donors (Lipinski definition) is 3. The zero-order valence-corrected chi connectivity index (χ0v) is 31.0. The maximum atomic E-state index is 12.5. The molecule has 8 rings (SSSR count). The van der Waals surface area contributed by atoms with Crippen LogP contribution in [0.1, 0.15) is 91.6 Å². The van der Waals surface area contributed by atoms with Gasteiger partial charge in [0, 0.05) is 37.1 Å². The molecule has 0 radical (unpaired) electrons. The van der Waals surface area contributed by atoms with Crippen LogP contribution in [0.3, 0.4) is 0 Å². The quantitative estimate of drug-likeness (QED) is 0.139. The number of hydrogen-bond acceptors (Lipinski definition) is 7. The van der Waals surface area contributed by atoms with Crippen LogP contribution in [0.2, 0.25) is 0 Å². The van der Waals surface area contributed by atoms with Crippen molar-refractivity contribution in [2.24, 2.45) is 5.73 Å². The van der Waals surface area contributed by atoms with Crippen LogP contribution < -0.4 is 11.1 Å². The molecule has 0 saturated heterocycles. The van der Waals surface area contributed by atoms with Crippen LogP contribution in [0.15, 0.2) is 130 Å². The molecule has 2 heterocycles. The van der Waals surface area contributed by atoms with Crippen molar-refractivity contribution in [1.82, 2.24) is 15.6 Å². The monoisotopic (exact) mass is 746 g/mol. The number of benzene rings is 4. The molecule has 0 aliphatic heterocycles. The molecule has 0 saturated carbocycles. The summed E-state index contributed by atoms with van der Waals surface area (Å²) in [6.45, 7) is 0. The Labute approximate surface area is 322 Å². The number of nitrogens with one attached hydrogen (secondary N) is 1. The molecular formula is C44H47ClN4O5. The van der Waals surface area contributed by atoms with E-state index in [0.29, 0.717) is 36.1 Å². The van der Waals surface area contributed by atoms with E-state index >= 15 is 0 Å². The Morgan fingerprint density at radius 2 is 1.00 bits per heavy atom. The number of carbonyl (C=O) groups is 2. The first kappa shape index (κ1) is 39.7. The summed E-state index contributed by atoms with van der Waals surface area (Å²) < 4.78 is 10.2. The summed E-state index contributed by atoms with van der Waals surface area (Å²) in [6, 6.07) is 40.7. The molecule has 0 atom stereocenters. The Balaban J connectivity index is 0.000000170. The minimum Gasteiger partial charge on any atom is -0.476 e. The minimum atomic E-state index is -1.07. The fourth-order valence-electron chi connectivity index (χ4n) is 6.72. The lowest BCUT2D eigenvalue weighted by molar-refractivity contribution is 0.0685. The number of nitrogens with zero attached hydrogens (tertiary/aromatic N) is 2. The topological polar surface area (TPSA) is 144 Å². The predicted octanol–water partition coefficient (Wildman–Crippen LogP) is 8.22. The molecule has 2 aliphatic carbocycles. The maximum Gasteiger partial charge on any atom is 0.358 e. The summed E-state index contributed by atoms with van der Waals surface area (Å²) in [7, 11) is 0. The summed E-state index contributed by atoms with van der Waals surface area (Å²) in [5.41, 5.74) is 14.2. The van der Waals surface area contributed by atoms with Gasteiger partial charge in [0.2, 0.25) is 0 Å². The number of fused-ring (bicyclic) bond motifs is 2. The van der Waals surface area contributed by atoms with Gasteiger partial charge in [-0.2, -0.15) is 0 Å². The summed E-state index contributed by atoms with van der Waals surface area (Å²) in [5, 5.41) is 19.2. The standard InChI is InChI=1S/C22H22N2O2.C11H9NO3.C11H15N.ClH/c25-22(21-15-20(26-24-21)14-16-6-2-1-3-7-16)23-19-12-10-17-8-4-5-9-18(17)11-13-19;13-11(14)10-7-9(15-12-10)6-8-4-2-1-3-5-8;12-11-7-5-9-3-1-2-4-10(9)6-8-11;/h1-9,15,19H,10-14H2,(H,23,25);1-5,7H,6H2,(H,13,14);1-4,11H,5-8,12H2;1H. The molecular weight excluding hydrogens is 700 g/mol. The predicted molar refractivity (Wildman–Crippen MR) is 211 cm³/mol. The first-order valence-corrected chi connectivity index (χ1v) is 18.3. The van der Waals surface area contributed by atoms with E-state index in [2.05, 4.69) is 64.2 Å². The number of halogens is 1. The number of carboxylic acid groups (broad SMARTS) is 1. The third-order valence-corrected chi connectivity index (χ3v) is 9.68. The Bertz CT molecular complexity index is 2010. The lowest BCUT2D eigenvalue weighted by Gasteiger charge is -2.14. The number of rotatable bonds is 7. The average molecular weight is 747 g/mol. The van der Waals surface area contributed by atoms with Gasteiger partial charge in [-0.25, -0.2) is 4.79 Å². The fourth-order valence-corrected chi connectivity index (χ4v) is 6.72. The van der Waals surface area contributed by atoms with Crippen molar-refractivity contribution in [2.75, 3.05) is 0 Å². The molecule has 4 N–H and O–H groups in total. The van der Waals surface area contributed by atoms with Crippen LogP contribution >= 0.6 is 12.4 Å². The van der Waals surface area contributed by atoms with Crippen molar-refractivity contribution in [3.8, 4) is 0 Å². The number of carbonyl (C=O) groups excluding carboxylic acids is 1. The van der Waals surface area contributed by atoms with E-state index in [1.165, 1.54) is 28.3 Å². The Hall–Kier alpha value is -5.51. The van der Waals surface area contributed by atoms with Gasteiger partial charge < -0.3 is 25.2 Å². The van der Waals surface area contributed by atoms with E-state index in [4.69, 9.17) is 19.9 Å². The van der Waals surface area contributed by atoms with Crippen LogP contribution in [0.4, 0.5) is 0 Å². The third-order valence-electron chi connectivity index (χ3n) is 9.68. The van der Waals surface area contributed by atoms with E-state index < -0.39 is 5.97 Å². The molecule has 4 aromatic carbocycles. The molecule has 54 heavy (non-hydrogen) atoms. The van der Waals surface area contributed by atoms with E-state index in [0.717, 1.165) is 62.5 Å². The third kappa shape index (κ3) is 11.7. The second-order valence-corrected chi connectivity index (χ2v) is 13.6. The van der Waals surface area contributed by atoms with E-state index in [-0.39, 0.29) is 30.0 Å². The zero-order chi connectivity index (χ0) is 36.8. The number of nitrogens with two attached hydrogens (primary N) is 1. The number of aromatic carboxylic acids is 1. The molecule has 0 unspecified atom stereocenters. The van der Waals surface area contributed by atoms with Crippen LogP contribution in [0.25, 0.3) is 0 Å². The summed E-state index contributed by atoms with van der Waals surface area (Å²) in [4.78, 5) is 23.1. The highest BCUT2D eigenvalue weighted by Crippen LogP contribution is 2.22. The van der Waals surface area contributed by atoms with Crippen LogP contribution in [0, 0.1) is 0 Å². The largest absolute Gasteiger partial charge is 0.476 e.